The highest BCUT2D eigenvalue weighted by atomic mass is 35.5. The van der Waals surface area contributed by atoms with Crippen molar-refractivity contribution in [2.75, 3.05) is 0 Å². The van der Waals surface area contributed by atoms with Gasteiger partial charge in [0.2, 0.25) is 0 Å². The van der Waals surface area contributed by atoms with Crippen LogP contribution in [0, 0.1) is 6.92 Å². The lowest BCUT2D eigenvalue weighted by Crippen LogP contribution is -2.03. The first-order valence-corrected chi connectivity index (χ1v) is 6.93. The summed E-state index contributed by atoms with van der Waals surface area (Å²) in [5.74, 6) is 0. The molecule has 0 fully saturated rings. The van der Waals surface area contributed by atoms with Gasteiger partial charge in [0.05, 0.1) is 6.10 Å². The predicted molar refractivity (Wildman–Crippen MR) is 74.2 cm³/mol. The molecule has 1 nitrogen and oxygen atoms in total. The van der Waals surface area contributed by atoms with Crippen molar-refractivity contribution in [1.29, 1.82) is 0 Å². The summed E-state index contributed by atoms with van der Waals surface area (Å²) in [4.78, 5) is 0. The third kappa shape index (κ3) is 2.83. The van der Waals surface area contributed by atoms with Gasteiger partial charge < -0.3 is 5.11 Å². The van der Waals surface area contributed by atoms with Gasteiger partial charge in [-0.05, 0) is 46.5 Å². The van der Waals surface area contributed by atoms with Crippen molar-refractivity contribution in [2.45, 2.75) is 19.4 Å². The molecular formula is C13H12Cl2OS. The molecule has 17 heavy (non-hydrogen) atoms. The number of hydrogen-bond donors (Lipinski definition) is 1. The van der Waals surface area contributed by atoms with Crippen molar-refractivity contribution in [3.05, 3.63) is 55.7 Å². The number of hydrogen-bond acceptors (Lipinski definition) is 2. The number of rotatable bonds is 3. The Bertz CT molecular complexity index is 502. The van der Waals surface area contributed by atoms with Crippen LogP contribution >= 0.6 is 34.5 Å². The van der Waals surface area contributed by atoms with E-state index in [1.165, 1.54) is 0 Å². The second-order valence-corrected chi connectivity index (χ2v) is 5.49. The molecule has 0 spiro atoms. The zero-order valence-corrected chi connectivity index (χ0v) is 11.6. The summed E-state index contributed by atoms with van der Waals surface area (Å²) in [5, 5.41) is 15.4. The molecule has 2 aromatic rings. The lowest BCUT2D eigenvalue weighted by molar-refractivity contribution is 0.178. The molecule has 0 saturated heterocycles. The molecule has 1 atom stereocenters. The van der Waals surface area contributed by atoms with Gasteiger partial charge >= 0.3 is 0 Å². The molecule has 1 unspecified atom stereocenters. The monoisotopic (exact) mass is 286 g/mol. The summed E-state index contributed by atoms with van der Waals surface area (Å²) in [7, 11) is 0. The van der Waals surface area contributed by atoms with E-state index in [0.29, 0.717) is 16.5 Å². The maximum absolute atomic E-state index is 10.2. The second-order valence-electron chi connectivity index (χ2n) is 3.93. The van der Waals surface area contributed by atoms with Crippen LogP contribution in [0.3, 0.4) is 0 Å². The minimum Gasteiger partial charge on any atom is -0.388 e. The third-order valence-corrected chi connectivity index (χ3v) is 4.30. The van der Waals surface area contributed by atoms with Gasteiger partial charge in [0, 0.05) is 16.5 Å². The average molecular weight is 287 g/mol. The lowest BCUT2D eigenvalue weighted by atomic mass is 10.0. The van der Waals surface area contributed by atoms with Gasteiger partial charge in [-0.2, -0.15) is 11.3 Å². The predicted octanol–water partition coefficient (Wildman–Crippen LogP) is 4.64. The van der Waals surface area contributed by atoms with Crippen molar-refractivity contribution in [1.82, 2.24) is 0 Å². The number of aryl methyl sites for hydroxylation is 1. The summed E-state index contributed by atoms with van der Waals surface area (Å²) < 4.78 is 0. The van der Waals surface area contributed by atoms with E-state index in [0.717, 1.165) is 16.7 Å². The highest BCUT2D eigenvalue weighted by Crippen LogP contribution is 2.31. The highest BCUT2D eigenvalue weighted by Gasteiger charge is 2.15. The van der Waals surface area contributed by atoms with Crippen LogP contribution in [-0.2, 0) is 6.42 Å². The normalized spacial score (nSPS) is 12.7. The summed E-state index contributed by atoms with van der Waals surface area (Å²) in [6.07, 6.45) is -0.116. The molecule has 4 heteroatoms. The van der Waals surface area contributed by atoms with E-state index >= 15 is 0 Å². The number of aliphatic hydroxyl groups is 1. The van der Waals surface area contributed by atoms with Crippen molar-refractivity contribution >= 4 is 34.5 Å². The number of halogens is 2. The molecule has 90 valence electrons. The Morgan fingerprint density at radius 2 is 1.88 bits per heavy atom. The largest absolute Gasteiger partial charge is 0.388 e. The summed E-state index contributed by atoms with van der Waals surface area (Å²) in [6, 6.07) is 5.38. The Labute approximate surface area is 115 Å². The van der Waals surface area contributed by atoms with Crippen LogP contribution in [0.15, 0.2) is 29.0 Å². The Kier molecular flexibility index (Phi) is 4.10. The van der Waals surface area contributed by atoms with Crippen LogP contribution in [0.2, 0.25) is 10.0 Å². The molecule has 0 bridgehead atoms. The van der Waals surface area contributed by atoms with Crippen molar-refractivity contribution in [3.8, 4) is 0 Å². The van der Waals surface area contributed by atoms with Crippen LogP contribution in [0.1, 0.15) is 22.8 Å². The topological polar surface area (TPSA) is 20.2 Å². The molecule has 0 amide bonds. The SMILES string of the molecule is Cc1cscc1C(O)Cc1c(Cl)cccc1Cl. The summed E-state index contributed by atoms with van der Waals surface area (Å²) in [5.41, 5.74) is 2.85. The molecule has 1 N–H and O–H groups in total. The fourth-order valence-electron chi connectivity index (χ4n) is 1.74. The quantitative estimate of drug-likeness (QED) is 0.872. The van der Waals surface area contributed by atoms with E-state index in [1.54, 1.807) is 29.5 Å². The van der Waals surface area contributed by atoms with E-state index in [2.05, 4.69) is 0 Å². The smallest absolute Gasteiger partial charge is 0.0842 e. The van der Waals surface area contributed by atoms with Crippen LogP contribution in [0.25, 0.3) is 0 Å². The van der Waals surface area contributed by atoms with Gasteiger partial charge in [0.1, 0.15) is 0 Å². The summed E-state index contributed by atoms with van der Waals surface area (Å²) >= 11 is 13.8. The van der Waals surface area contributed by atoms with Crippen LogP contribution in [0.4, 0.5) is 0 Å². The van der Waals surface area contributed by atoms with Gasteiger partial charge in [0.25, 0.3) is 0 Å². The first kappa shape index (κ1) is 12.9. The minimum absolute atomic E-state index is 0.441. The van der Waals surface area contributed by atoms with Gasteiger partial charge in [-0.3, -0.25) is 0 Å². The molecule has 1 aromatic carbocycles. The van der Waals surface area contributed by atoms with E-state index in [1.807, 2.05) is 17.7 Å². The molecule has 1 heterocycles. The Morgan fingerprint density at radius 1 is 1.24 bits per heavy atom. The zero-order chi connectivity index (χ0) is 12.4. The van der Waals surface area contributed by atoms with Crippen LogP contribution in [0.5, 0.6) is 0 Å². The van der Waals surface area contributed by atoms with Crippen LogP contribution < -0.4 is 0 Å². The van der Waals surface area contributed by atoms with Crippen molar-refractivity contribution in [3.63, 3.8) is 0 Å². The standard InChI is InChI=1S/C13H12Cl2OS/c1-8-6-17-7-10(8)13(16)5-9-11(14)3-2-4-12(9)15/h2-4,6-7,13,16H,5H2,1H3. The molecule has 0 saturated carbocycles. The maximum atomic E-state index is 10.2. The van der Waals surface area contributed by atoms with Gasteiger partial charge in [-0.15, -0.1) is 0 Å². The molecule has 1 aromatic heterocycles. The molecule has 0 aliphatic heterocycles. The number of benzene rings is 1. The molecule has 0 radical (unpaired) electrons. The van der Waals surface area contributed by atoms with E-state index in [-0.39, 0.29) is 0 Å². The van der Waals surface area contributed by atoms with Crippen molar-refractivity contribution < 1.29 is 5.11 Å². The average Bonchev–Trinajstić information content (AvgIpc) is 2.70. The van der Waals surface area contributed by atoms with Crippen LogP contribution in [-0.4, -0.2) is 5.11 Å². The lowest BCUT2D eigenvalue weighted by Gasteiger charge is -2.13. The molecule has 0 aliphatic rings. The molecule has 0 aliphatic carbocycles. The zero-order valence-electron chi connectivity index (χ0n) is 9.28. The Hall–Kier alpha value is -0.540. The second kappa shape index (κ2) is 5.40. The fourth-order valence-corrected chi connectivity index (χ4v) is 3.19. The number of thiophene rings is 1. The van der Waals surface area contributed by atoms with Gasteiger partial charge in [-0.25, -0.2) is 0 Å². The van der Waals surface area contributed by atoms with E-state index in [9.17, 15) is 5.11 Å². The first-order chi connectivity index (χ1) is 8.09. The van der Waals surface area contributed by atoms with Crippen molar-refractivity contribution in [2.24, 2.45) is 0 Å². The Morgan fingerprint density at radius 3 is 2.41 bits per heavy atom. The Balaban J connectivity index is 2.25. The fraction of sp³-hybridized carbons (Fsp3) is 0.231. The maximum Gasteiger partial charge on any atom is 0.0842 e. The first-order valence-electron chi connectivity index (χ1n) is 5.23. The van der Waals surface area contributed by atoms with E-state index < -0.39 is 6.10 Å². The molecular weight excluding hydrogens is 275 g/mol. The highest BCUT2D eigenvalue weighted by molar-refractivity contribution is 7.08. The van der Waals surface area contributed by atoms with Gasteiger partial charge in [-0.1, -0.05) is 29.3 Å². The summed E-state index contributed by atoms with van der Waals surface area (Å²) in [6.45, 7) is 1.99. The molecule has 2 rings (SSSR count). The minimum atomic E-state index is -0.557. The van der Waals surface area contributed by atoms with Gasteiger partial charge in [0.15, 0.2) is 0 Å². The number of aliphatic hydroxyl groups excluding tert-OH is 1. The van der Waals surface area contributed by atoms with E-state index in [4.69, 9.17) is 23.2 Å². The third-order valence-electron chi connectivity index (χ3n) is 2.71.